The van der Waals surface area contributed by atoms with Crippen molar-refractivity contribution in [3.8, 4) is 0 Å². The standard InChI is InChI=1S/2C8H19O2PS2.Mo.S/c2*1-3-5-7-10-11(9,12)13-8-6-4-2;;/h2*3-8H2,1-2H3,(H,9,12);;/q;;+2;/p-2. The summed E-state index contributed by atoms with van der Waals surface area (Å²) in [7, 11) is 4.09. The van der Waals surface area contributed by atoms with Crippen molar-refractivity contribution >= 4 is 67.6 Å². The van der Waals surface area contributed by atoms with Gasteiger partial charge in [0.2, 0.25) is 0 Å². The molecule has 0 aromatic heterocycles. The van der Waals surface area contributed by atoms with E-state index in [4.69, 9.17) is 32.7 Å². The van der Waals surface area contributed by atoms with Gasteiger partial charge in [0.25, 0.3) is 0 Å². The molecule has 0 saturated carbocycles. The van der Waals surface area contributed by atoms with Crippen molar-refractivity contribution in [2.45, 2.75) is 79.1 Å². The molecular formula is C16H36MoO4P2S5. The number of hydrogen-bond acceptors (Lipinski definition) is 9. The van der Waals surface area contributed by atoms with Crippen LogP contribution < -0.4 is 9.79 Å². The average Bonchev–Trinajstić information content (AvgIpc) is 2.64. The van der Waals surface area contributed by atoms with E-state index in [-0.39, 0.29) is 0 Å². The molecule has 170 valence electrons. The van der Waals surface area contributed by atoms with E-state index in [1.165, 1.54) is 40.8 Å². The van der Waals surface area contributed by atoms with Crippen LogP contribution in [0, 0.1) is 0 Å². The van der Waals surface area contributed by atoms with Crippen LogP contribution in [-0.4, -0.2) is 24.7 Å². The first-order valence-electron chi connectivity index (χ1n) is 9.61. The molecule has 0 heterocycles. The molecule has 12 heteroatoms. The third-order valence-corrected chi connectivity index (χ3v) is 11.7. The van der Waals surface area contributed by atoms with Crippen LogP contribution >= 0.6 is 44.0 Å². The van der Waals surface area contributed by atoms with Gasteiger partial charge in [-0.1, -0.05) is 77.0 Å². The quantitative estimate of drug-likeness (QED) is 0.111. The summed E-state index contributed by atoms with van der Waals surface area (Å²) in [5.41, 5.74) is -5.50. The first-order chi connectivity index (χ1) is 13.2. The molecule has 2 atom stereocenters. The Hall–Kier alpha value is 2.75. The summed E-state index contributed by atoms with van der Waals surface area (Å²) in [5, 5.41) is 0. The number of rotatable bonds is 16. The maximum atomic E-state index is 11.5. The van der Waals surface area contributed by atoms with Crippen molar-refractivity contribution in [2.24, 2.45) is 0 Å². The minimum absolute atomic E-state index is 0.538. The van der Waals surface area contributed by atoms with Gasteiger partial charge in [-0.25, -0.2) is 0 Å². The van der Waals surface area contributed by atoms with E-state index in [0.29, 0.717) is 13.2 Å². The fourth-order valence-corrected chi connectivity index (χ4v) is 8.29. The zero-order valence-corrected chi connectivity index (χ0v) is 25.3. The predicted octanol–water partition coefficient (Wildman–Crippen LogP) is 6.49. The Kier molecular flexibility index (Phi) is 32.8. The molecule has 0 rings (SSSR count). The number of hydrogen-bond donors (Lipinski definition) is 0. The van der Waals surface area contributed by atoms with Crippen molar-refractivity contribution in [1.29, 1.82) is 0 Å². The van der Waals surface area contributed by atoms with Gasteiger partial charge in [-0.15, -0.1) is 22.8 Å². The third-order valence-electron chi connectivity index (χ3n) is 2.99. The Labute approximate surface area is 206 Å². The number of unbranched alkanes of at least 4 members (excludes halogenated alkanes) is 4. The summed E-state index contributed by atoms with van der Waals surface area (Å²) < 4.78 is 10.3. The Morgan fingerprint density at radius 1 is 0.679 bits per heavy atom. The van der Waals surface area contributed by atoms with Gasteiger partial charge < -0.3 is 18.8 Å². The van der Waals surface area contributed by atoms with Crippen molar-refractivity contribution in [1.82, 2.24) is 0 Å². The molecule has 0 aromatic carbocycles. The molecule has 28 heavy (non-hydrogen) atoms. The Bertz CT molecular complexity index is 358. The molecule has 0 amide bonds. The molecule has 0 fully saturated rings. The van der Waals surface area contributed by atoms with E-state index >= 15 is 0 Å². The normalized spacial score (nSPS) is 14.6. The van der Waals surface area contributed by atoms with Crippen molar-refractivity contribution < 1.29 is 36.8 Å². The third kappa shape index (κ3) is 30.9. The average molecular weight is 611 g/mol. The molecule has 0 aromatic rings. The van der Waals surface area contributed by atoms with Gasteiger partial charge in [0.15, 0.2) is 0 Å². The van der Waals surface area contributed by atoms with Crippen LogP contribution in [0.2, 0.25) is 0 Å². The van der Waals surface area contributed by atoms with E-state index in [1.807, 2.05) is 0 Å². The first kappa shape index (κ1) is 35.3. The molecular weight excluding hydrogens is 574 g/mol. The molecule has 4 nitrogen and oxygen atoms in total. The van der Waals surface area contributed by atoms with Crippen molar-refractivity contribution in [3.05, 3.63) is 0 Å². The summed E-state index contributed by atoms with van der Waals surface area (Å²) in [4.78, 5) is 23.0. The van der Waals surface area contributed by atoms with Crippen molar-refractivity contribution in [3.63, 3.8) is 0 Å². The summed E-state index contributed by atoms with van der Waals surface area (Å²) in [5.74, 6) is 1.70. The molecule has 0 aliphatic rings. The van der Waals surface area contributed by atoms with Crippen LogP contribution in [0.15, 0.2) is 0 Å². The fraction of sp³-hybridized carbons (Fsp3) is 1.00. The second-order valence-corrected chi connectivity index (χ2v) is 18.0. The molecule has 2 unspecified atom stereocenters. The molecule has 0 bridgehead atoms. The topological polar surface area (TPSA) is 64.6 Å². The zero-order chi connectivity index (χ0) is 22.3. The van der Waals surface area contributed by atoms with Gasteiger partial charge in [-0.05, 0) is 37.2 Å². The van der Waals surface area contributed by atoms with Crippen molar-refractivity contribution in [2.75, 3.05) is 24.7 Å². The predicted molar refractivity (Wildman–Crippen MR) is 133 cm³/mol. The zero-order valence-electron chi connectivity index (χ0n) is 17.5. The molecule has 0 aliphatic heterocycles. The second kappa shape index (κ2) is 26.0. The summed E-state index contributed by atoms with van der Waals surface area (Å²) in [6.07, 6.45) is 8.31. The summed E-state index contributed by atoms with van der Waals surface area (Å²) in [6, 6.07) is 0. The maximum absolute atomic E-state index is 11.5. The molecule has 0 N–H and O–H groups in total. The van der Waals surface area contributed by atoms with Gasteiger partial charge in [0.1, 0.15) is 0 Å². The molecule has 0 saturated heterocycles. The van der Waals surface area contributed by atoms with Gasteiger partial charge >= 0.3 is 27.8 Å². The monoisotopic (exact) mass is 612 g/mol. The van der Waals surface area contributed by atoms with E-state index in [0.717, 1.165) is 62.9 Å². The van der Waals surface area contributed by atoms with Crippen LogP contribution in [0.25, 0.3) is 0 Å². The van der Waals surface area contributed by atoms with Crippen LogP contribution in [0.1, 0.15) is 79.1 Å². The van der Waals surface area contributed by atoms with Gasteiger partial charge in [0, 0.05) is 11.4 Å². The SMILES string of the molecule is CCCCOP([O-])(=S)SCCCC.CCCCOP([O-])(=S)SCCCC.[S]=[Mo+2]. The van der Waals surface area contributed by atoms with Gasteiger partial charge in [0.05, 0.1) is 13.2 Å². The van der Waals surface area contributed by atoms with E-state index < -0.39 is 11.4 Å². The first-order valence-corrected chi connectivity index (χ1v) is 20.9. The van der Waals surface area contributed by atoms with E-state index in [9.17, 15) is 9.79 Å². The molecule has 0 radical (unpaired) electrons. The molecule has 0 aliphatic carbocycles. The van der Waals surface area contributed by atoms with E-state index in [1.54, 1.807) is 0 Å². The minimum atomic E-state index is -2.75. The van der Waals surface area contributed by atoms with Crippen LogP contribution in [0.4, 0.5) is 0 Å². The van der Waals surface area contributed by atoms with Gasteiger partial charge in [-0.2, -0.15) is 0 Å². The summed E-state index contributed by atoms with van der Waals surface area (Å²) >= 11 is 13.9. The summed E-state index contributed by atoms with van der Waals surface area (Å²) in [6.45, 7) is 9.43. The van der Waals surface area contributed by atoms with Crippen LogP contribution in [-0.2, 0) is 50.7 Å². The van der Waals surface area contributed by atoms with Crippen LogP contribution in [0.3, 0.4) is 0 Å². The second-order valence-electron chi connectivity index (χ2n) is 5.64. The van der Waals surface area contributed by atoms with Gasteiger partial charge in [-0.3, -0.25) is 0 Å². The molecule has 0 spiro atoms. The Balaban J connectivity index is -0.000000410. The van der Waals surface area contributed by atoms with Crippen LogP contribution in [0.5, 0.6) is 0 Å². The Morgan fingerprint density at radius 2 is 0.964 bits per heavy atom. The van der Waals surface area contributed by atoms with E-state index in [2.05, 4.69) is 37.5 Å². The fourth-order valence-electron chi connectivity index (χ4n) is 1.36. The Morgan fingerprint density at radius 3 is 1.21 bits per heavy atom.